The second-order valence-corrected chi connectivity index (χ2v) is 7.80. The summed E-state index contributed by atoms with van der Waals surface area (Å²) in [6.45, 7) is 5.79. The largest absolute Gasteiger partial charge is 0.481 e. The number of ketones is 1. The monoisotopic (exact) mass is 393 g/mol. The van der Waals surface area contributed by atoms with Gasteiger partial charge in [0.05, 0.1) is 12.0 Å². The quantitative estimate of drug-likeness (QED) is 0.491. The van der Waals surface area contributed by atoms with Gasteiger partial charge in [-0.05, 0) is 58.1 Å². The number of nitrogens with two attached hydrogens (primary N) is 1. The molecule has 0 aliphatic rings. The number of carboxylic acids is 1. The second kappa shape index (κ2) is 11.4. The molecule has 1 aromatic heterocycles. The van der Waals surface area contributed by atoms with Crippen LogP contribution in [0.5, 0.6) is 0 Å². The molecule has 0 aromatic carbocycles. The summed E-state index contributed by atoms with van der Waals surface area (Å²) in [6.07, 6.45) is 4.58. The Bertz CT molecular complexity index is 643. The van der Waals surface area contributed by atoms with Crippen molar-refractivity contribution in [3.8, 4) is 0 Å². The van der Waals surface area contributed by atoms with Gasteiger partial charge < -0.3 is 20.9 Å². The Morgan fingerprint density at radius 2 is 2.00 bits per heavy atom. The number of carbonyl (C=O) groups excluding carboxylic acids is 2. The van der Waals surface area contributed by atoms with Gasteiger partial charge in [0.1, 0.15) is 11.4 Å². The molecule has 8 nitrogen and oxygen atoms in total. The maximum atomic E-state index is 12.3. The summed E-state index contributed by atoms with van der Waals surface area (Å²) in [5, 5.41) is 12.0. The SMILES string of the molecule is CC(C)(C)OC(=O)NCCCC[C@H](N)C(=O)C[C@H](Cc1cccnc1)C(=O)O. The van der Waals surface area contributed by atoms with E-state index in [1.54, 1.807) is 45.3 Å². The van der Waals surface area contributed by atoms with Crippen LogP contribution in [0.3, 0.4) is 0 Å². The molecule has 1 heterocycles. The van der Waals surface area contributed by atoms with Gasteiger partial charge in [0, 0.05) is 25.4 Å². The van der Waals surface area contributed by atoms with Crippen LogP contribution in [0, 0.1) is 5.92 Å². The van der Waals surface area contributed by atoms with Crippen molar-refractivity contribution in [3.05, 3.63) is 30.1 Å². The predicted molar refractivity (Wildman–Crippen MR) is 105 cm³/mol. The molecule has 28 heavy (non-hydrogen) atoms. The third-order valence-electron chi connectivity index (χ3n) is 4.03. The number of Topliss-reactive ketones (excluding diaryl/α,β-unsaturated/α-hetero) is 1. The number of nitrogens with zero attached hydrogens (tertiary/aromatic N) is 1. The first kappa shape index (κ1) is 23.6. The molecule has 1 aromatic rings. The summed E-state index contributed by atoms with van der Waals surface area (Å²) in [7, 11) is 0. The van der Waals surface area contributed by atoms with Crippen LogP contribution >= 0.6 is 0 Å². The average molecular weight is 393 g/mol. The standard InChI is InChI=1S/C20H31N3O5/c1-20(2,3)28-19(27)23-10-5-4-8-16(21)17(24)12-15(18(25)26)11-14-7-6-9-22-13-14/h6-7,9,13,15-16H,4-5,8,10-12,21H2,1-3H3,(H,23,27)(H,25,26)/t15-,16-/m0/s1. The smallest absolute Gasteiger partial charge is 0.407 e. The van der Waals surface area contributed by atoms with Gasteiger partial charge in [0.2, 0.25) is 0 Å². The van der Waals surface area contributed by atoms with E-state index in [-0.39, 0.29) is 18.6 Å². The number of unbranched alkanes of at least 4 members (excludes halogenated alkanes) is 1. The lowest BCUT2D eigenvalue weighted by Gasteiger charge is -2.19. The van der Waals surface area contributed by atoms with E-state index < -0.39 is 29.6 Å². The number of ether oxygens (including phenoxy) is 1. The van der Waals surface area contributed by atoms with Crippen LogP contribution in [-0.2, 0) is 20.7 Å². The molecule has 1 rings (SSSR count). The molecule has 0 aliphatic carbocycles. The van der Waals surface area contributed by atoms with Gasteiger partial charge in [-0.1, -0.05) is 6.07 Å². The van der Waals surface area contributed by atoms with Gasteiger partial charge in [0.25, 0.3) is 0 Å². The van der Waals surface area contributed by atoms with Crippen molar-refractivity contribution in [2.45, 2.75) is 64.5 Å². The molecular weight excluding hydrogens is 362 g/mol. The minimum atomic E-state index is -1.02. The Balaban J connectivity index is 2.33. The zero-order chi connectivity index (χ0) is 21.2. The Morgan fingerprint density at radius 3 is 2.57 bits per heavy atom. The maximum Gasteiger partial charge on any atom is 0.407 e. The molecule has 8 heteroatoms. The van der Waals surface area contributed by atoms with Crippen LogP contribution in [0.1, 0.15) is 52.0 Å². The van der Waals surface area contributed by atoms with Crippen molar-refractivity contribution in [2.24, 2.45) is 11.7 Å². The van der Waals surface area contributed by atoms with Gasteiger partial charge in [-0.15, -0.1) is 0 Å². The van der Waals surface area contributed by atoms with Crippen LogP contribution in [0.2, 0.25) is 0 Å². The van der Waals surface area contributed by atoms with Crippen molar-refractivity contribution in [1.29, 1.82) is 0 Å². The molecule has 0 unspecified atom stereocenters. The number of carboxylic acid groups (broad SMARTS) is 1. The lowest BCUT2D eigenvalue weighted by Crippen LogP contribution is -2.34. The van der Waals surface area contributed by atoms with E-state index in [0.717, 1.165) is 5.56 Å². The lowest BCUT2D eigenvalue weighted by atomic mass is 9.91. The molecule has 0 fully saturated rings. The van der Waals surface area contributed by atoms with Crippen molar-refractivity contribution < 1.29 is 24.2 Å². The lowest BCUT2D eigenvalue weighted by molar-refractivity contribution is -0.143. The Labute approximate surface area is 165 Å². The highest BCUT2D eigenvalue weighted by molar-refractivity contribution is 5.87. The molecule has 0 spiro atoms. The van der Waals surface area contributed by atoms with Crippen LogP contribution in [0.4, 0.5) is 4.79 Å². The summed E-state index contributed by atoms with van der Waals surface area (Å²) in [5.41, 5.74) is 6.14. The topological polar surface area (TPSA) is 132 Å². The number of alkyl carbamates (subject to hydrolysis) is 1. The number of nitrogens with one attached hydrogen (secondary N) is 1. The zero-order valence-electron chi connectivity index (χ0n) is 16.8. The fraction of sp³-hybridized carbons (Fsp3) is 0.600. The van der Waals surface area contributed by atoms with E-state index in [1.165, 1.54) is 0 Å². The summed E-state index contributed by atoms with van der Waals surface area (Å²) in [4.78, 5) is 39.2. The van der Waals surface area contributed by atoms with E-state index in [0.29, 0.717) is 25.8 Å². The van der Waals surface area contributed by atoms with Gasteiger partial charge >= 0.3 is 12.1 Å². The molecule has 4 N–H and O–H groups in total. The zero-order valence-corrected chi connectivity index (χ0v) is 16.8. The van der Waals surface area contributed by atoms with E-state index in [4.69, 9.17) is 10.5 Å². The molecule has 156 valence electrons. The highest BCUT2D eigenvalue weighted by Gasteiger charge is 2.24. The van der Waals surface area contributed by atoms with Gasteiger partial charge in [0.15, 0.2) is 0 Å². The third kappa shape index (κ3) is 10.0. The fourth-order valence-corrected chi connectivity index (χ4v) is 2.60. The van der Waals surface area contributed by atoms with Crippen LogP contribution in [-0.4, -0.2) is 46.1 Å². The Kier molecular flexibility index (Phi) is 9.58. The van der Waals surface area contributed by atoms with Crippen molar-refractivity contribution >= 4 is 17.8 Å². The fourth-order valence-electron chi connectivity index (χ4n) is 2.60. The summed E-state index contributed by atoms with van der Waals surface area (Å²) >= 11 is 0. The van der Waals surface area contributed by atoms with E-state index in [9.17, 15) is 19.5 Å². The number of carbonyl (C=O) groups is 3. The normalized spacial score (nSPS) is 13.4. The van der Waals surface area contributed by atoms with Gasteiger partial charge in [-0.3, -0.25) is 14.6 Å². The molecule has 2 atom stereocenters. The highest BCUT2D eigenvalue weighted by Crippen LogP contribution is 2.15. The number of amides is 1. The van der Waals surface area contributed by atoms with Crippen LogP contribution in [0.15, 0.2) is 24.5 Å². The summed E-state index contributed by atoms with van der Waals surface area (Å²) in [5.74, 6) is -2.11. The second-order valence-electron chi connectivity index (χ2n) is 7.80. The number of aliphatic carboxylic acids is 1. The highest BCUT2D eigenvalue weighted by atomic mass is 16.6. The minimum Gasteiger partial charge on any atom is -0.481 e. The van der Waals surface area contributed by atoms with Crippen molar-refractivity contribution in [3.63, 3.8) is 0 Å². The van der Waals surface area contributed by atoms with E-state index >= 15 is 0 Å². The molecule has 0 saturated heterocycles. The number of hydrogen-bond donors (Lipinski definition) is 3. The third-order valence-corrected chi connectivity index (χ3v) is 4.03. The van der Waals surface area contributed by atoms with E-state index in [1.807, 2.05) is 0 Å². The number of aromatic nitrogens is 1. The van der Waals surface area contributed by atoms with Gasteiger partial charge in [-0.2, -0.15) is 0 Å². The summed E-state index contributed by atoms with van der Waals surface area (Å²) < 4.78 is 5.13. The van der Waals surface area contributed by atoms with Crippen molar-refractivity contribution in [2.75, 3.05) is 6.54 Å². The number of hydrogen-bond acceptors (Lipinski definition) is 6. The van der Waals surface area contributed by atoms with Crippen molar-refractivity contribution in [1.82, 2.24) is 10.3 Å². The average Bonchev–Trinajstić information content (AvgIpc) is 2.59. The molecule has 0 bridgehead atoms. The molecule has 1 amide bonds. The molecule has 0 saturated carbocycles. The Hall–Kier alpha value is -2.48. The van der Waals surface area contributed by atoms with E-state index in [2.05, 4.69) is 10.3 Å². The first-order chi connectivity index (χ1) is 13.1. The first-order valence-corrected chi connectivity index (χ1v) is 9.45. The predicted octanol–water partition coefficient (Wildman–Crippen LogP) is 2.31. The molecule has 0 aliphatic heterocycles. The number of pyridine rings is 1. The molecular formula is C20H31N3O5. The number of rotatable bonds is 11. The summed E-state index contributed by atoms with van der Waals surface area (Å²) in [6, 6.07) is 2.80. The maximum absolute atomic E-state index is 12.3. The van der Waals surface area contributed by atoms with Gasteiger partial charge in [-0.25, -0.2) is 4.79 Å². The Morgan fingerprint density at radius 1 is 1.29 bits per heavy atom. The van der Waals surface area contributed by atoms with Crippen LogP contribution in [0.25, 0.3) is 0 Å². The first-order valence-electron chi connectivity index (χ1n) is 9.45. The van der Waals surface area contributed by atoms with Crippen LogP contribution < -0.4 is 11.1 Å². The minimum absolute atomic E-state index is 0.110. The molecule has 0 radical (unpaired) electrons.